The molecule has 3 nitrogen and oxygen atoms in total. The second kappa shape index (κ2) is 6.77. The van der Waals surface area contributed by atoms with Crippen LogP contribution in [0.2, 0.25) is 0 Å². The van der Waals surface area contributed by atoms with E-state index in [0.29, 0.717) is 0 Å². The Balaban J connectivity index is 2.23. The third-order valence-corrected chi connectivity index (χ3v) is 3.51. The van der Waals surface area contributed by atoms with Crippen molar-refractivity contribution < 1.29 is 9.47 Å². The third kappa shape index (κ3) is 3.74. The lowest BCUT2D eigenvalue weighted by molar-refractivity contribution is 0.180. The van der Waals surface area contributed by atoms with Crippen LogP contribution in [0.5, 0.6) is 11.5 Å². The van der Waals surface area contributed by atoms with Gasteiger partial charge in [-0.3, -0.25) is 0 Å². The number of methoxy groups -OCH3 is 1. The number of rotatable bonds is 5. The van der Waals surface area contributed by atoms with Gasteiger partial charge in [-0.2, -0.15) is 0 Å². The largest absolute Gasteiger partial charge is 0.497 e. The Morgan fingerprint density at radius 1 is 1.05 bits per heavy atom. The molecule has 0 saturated heterocycles. The predicted octanol–water partition coefficient (Wildman–Crippen LogP) is 3.93. The molecule has 2 N–H and O–H groups in total. The molecule has 2 atom stereocenters. The lowest BCUT2D eigenvalue weighted by atomic mass is 10.0. The quantitative estimate of drug-likeness (QED) is 0.900. The summed E-state index contributed by atoms with van der Waals surface area (Å²) in [5.41, 5.74) is 7.10. The van der Waals surface area contributed by atoms with Gasteiger partial charge in [0.15, 0.2) is 0 Å². The molecule has 0 aliphatic heterocycles. The summed E-state index contributed by atoms with van der Waals surface area (Å²) >= 11 is 3.43. The molecule has 0 fully saturated rings. The molecule has 2 aromatic carbocycles. The van der Waals surface area contributed by atoms with Crippen molar-refractivity contribution in [1.29, 1.82) is 0 Å². The van der Waals surface area contributed by atoms with E-state index < -0.39 is 0 Å². The summed E-state index contributed by atoms with van der Waals surface area (Å²) in [6.07, 6.45) is -0.199. The van der Waals surface area contributed by atoms with Crippen molar-refractivity contribution in [2.75, 3.05) is 7.11 Å². The summed E-state index contributed by atoms with van der Waals surface area (Å²) in [4.78, 5) is 0. The van der Waals surface area contributed by atoms with Crippen LogP contribution in [-0.4, -0.2) is 13.2 Å². The summed E-state index contributed by atoms with van der Waals surface area (Å²) in [7, 11) is 1.64. The molecule has 20 heavy (non-hydrogen) atoms. The minimum Gasteiger partial charge on any atom is -0.497 e. The highest BCUT2D eigenvalue weighted by Crippen LogP contribution is 2.27. The zero-order valence-electron chi connectivity index (χ0n) is 11.5. The third-order valence-electron chi connectivity index (χ3n) is 2.98. The number of ether oxygens (including phenoxy) is 2. The zero-order chi connectivity index (χ0) is 14.5. The Kier molecular flexibility index (Phi) is 5.04. The van der Waals surface area contributed by atoms with Crippen molar-refractivity contribution in [2.45, 2.75) is 19.1 Å². The molecule has 0 aromatic heterocycles. The monoisotopic (exact) mass is 335 g/mol. The normalized spacial score (nSPS) is 13.6. The van der Waals surface area contributed by atoms with Gasteiger partial charge in [0, 0.05) is 16.6 Å². The van der Waals surface area contributed by atoms with Crippen molar-refractivity contribution >= 4 is 15.9 Å². The van der Waals surface area contributed by atoms with Crippen molar-refractivity contribution in [2.24, 2.45) is 5.73 Å². The van der Waals surface area contributed by atoms with Gasteiger partial charge in [0.25, 0.3) is 0 Å². The highest BCUT2D eigenvalue weighted by molar-refractivity contribution is 9.10. The van der Waals surface area contributed by atoms with Crippen LogP contribution in [0.4, 0.5) is 0 Å². The van der Waals surface area contributed by atoms with Crippen molar-refractivity contribution in [3.05, 3.63) is 58.6 Å². The molecule has 0 heterocycles. The van der Waals surface area contributed by atoms with Gasteiger partial charge in [-0.1, -0.05) is 34.1 Å². The molecular weight excluding hydrogens is 318 g/mol. The lowest BCUT2D eigenvalue weighted by Crippen LogP contribution is -2.29. The molecule has 0 spiro atoms. The molecule has 2 rings (SSSR count). The first kappa shape index (κ1) is 14.9. The number of benzene rings is 2. The zero-order valence-corrected chi connectivity index (χ0v) is 13.1. The molecule has 106 valence electrons. The first-order valence-corrected chi connectivity index (χ1v) is 7.21. The molecule has 0 aliphatic carbocycles. The van der Waals surface area contributed by atoms with Crippen LogP contribution < -0.4 is 15.2 Å². The molecule has 0 bridgehead atoms. The van der Waals surface area contributed by atoms with Crippen LogP contribution in [0.3, 0.4) is 0 Å². The maximum atomic E-state index is 6.06. The standard InChI is InChI=1S/C16H18BrNO2/c1-11(18)16(12-6-8-13(17)9-7-12)20-15-5-3-4-14(10-15)19-2/h3-11,16H,18H2,1-2H3. The maximum Gasteiger partial charge on any atom is 0.138 e. The number of nitrogens with two attached hydrogens (primary N) is 1. The van der Waals surface area contributed by atoms with Gasteiger partial charge in [0.05, 0.1) is 7.11 Å². The van der Waals surface area contributed by atoms with E-state index in [4.69, 9.17) is 15.2 Å². The van der Waals surface area contributed by atoms with Crippen LogP contribution >= 0.6 is 15.9 Å². The first-order valence-electron chi connectivity index (χ1n) is 6.42. The van der Waals surface area contributed by atoms with E-state index in [1.54, 1.807) is 7.11 Å². The Labute approximate surface area is 127 Å². The topological polar surface area (TPSA) is 44.5 Å². The Bertz CT molecular complexity index is 555. The number of hydrogen-bond acceptors (Lipinski definition) is 3. The smallest absolute Gasteiger partial charge is 0.138 e. The predicted molar refractivity (Wildman–Crippen MR) is 84.2 cm³/mol. The van der Waals surface area contributed by atoms with Gasteiger partial charge in [-0.15, -0.1) is 0 Å². The van der Waals surface area contributed by atoms with Crippen LogP contribution in [-0.2, 0) is 0 Å². The summed E-state index contributed by atoms with van der Waals surface area (Å²) in [6.45, 7) is 1.94. The van der Waals surface area contributed by atoms with E-state index in [1.807, 2.05) is 55.5 Å². The number of halogens is 1. The Hall–Kier alpha value is -1.52. The molecule has 0 radical (unpaired) electrons. The van der Waals surface area contributed by atoms with Crippen LogP contribution in [0.15, 0.2) is 53.0 Å². The van der Waals surface area contributed by atoms with Crippen LogP contribution in [0, 0.1) is 0 Å². The van der Waals surface area contributed by atoms with E-state index in [2.05, 4.69) is 15.9 Å². The van der Waals surface area contributed by atoms with Gasteiger partial charge in [-0.25, -0.2) is 0 Å². The maximum absolute atomic E-state index is 6.06. The molecule has 2 unspecified atom stereocenters. The van der Waals surface area contributed by atoms with E-state index in [0.717, 1.165) is 21.5 Å². The summed E-state index contributed by atoms with van der Waals surface area (Å²) in [6, 6.07) is 15.4. The minimum absolute atomic E-state index is 0.123. The summed E-state index contributed by atoms with van der Waals surface area (Å²) < 4.78 is 12.3. The van der Waals surface area contributed by atoms with Gasteiger partial charge >= 0.3 is 0 Å². The van der Waals surface area contributed by atoms with Crippen LogP contribution in [0.25, 0.3) is 0 Å². The number of hydrogen-bond donors (Lipinski definition) is 1. The summed E-state index contributed by atoms with van der Waals surface area (Å²) in [5.74, 6) is 1.51. The highest BCUT2D eigenvalue weighted by Gasteiger charge is 2.18. The molecular formula is C16H18BrNO2. The van der Waals surface area contributed by atoms with E-state index in [-0.39, 0.29) is 12.1 Å². The fraction of sp³-hybridized carbons (Fsp3) is 0.250. The van der Waals surface area contributed by atoms with Crippen molar-refractivity contribution in [3.8, 4) is 11.5 Å². The average molecular weight is 336 g/mol. The van der Waals surface area contributed by atoms with Crippen molar-refractivity contribution in [1.82, 2.24) is 0 Å². The van der Waals surface area contributed by atoms with Gasteiger partial charge < -0.3 is 15.2 Å². The van der Waals surface area contributed by atoms with Gasteiger partial charge in [-0.05, 0) is 36.8 Å². The molecule has 0 amide bonds. The second-order valence-corrected chi connectivity index (χ2v) is 5.54. The van der Waals surface area contributed by atoms with E-state index in [9.17, 15) is 0 Å². The van der Waals surface area contributed by atoms with Crippen LogP contribution in [0.1, 0.15) is 18.6 Å². The minimum atomic E-state index is -0.199. The Morgan fingerprint density at radius 2 is 1.70 bits per heavy atom. The second-order valence-electron chi connectivity index (χ2n) is 4.63. The first-order chi connectivity index (χ1) is 9.60. The summed E-state index contributed by atoms with van der Waals surface area (Å²) in [5, 5.41) is 0. The molecule has 0 saturated carbocycles. The SMILES string of the molecule is COc1cccc(OC(c2ccc(Br)cc2)C(C)N)c1. The Morgan fingerprint density at radius 3 is 2.30 bits per heavy atom. The van der Waals surface area contributed by atoms with E-state index in [1.165, 1.54) is 0 Å². The fourth-order valence-electron chi connectivity index (χ4n) is 1.95. The van der Waals surface area contributed by atoms with Gasteiger partial charge in [0.2, 0.25) is 0 Å². The average Bonchev–Trinajstić information content (AvgIpc) is 2.46. The molecule has 0 aliphatic rings. The van der Waals surface area contributed by atoms with E-state index >= 15 is 0 Å². The fourth-order valence-corrected chi connectivity index (χ4v) is 2.22. The molecule has 4 heteroatoms. The highest BCUT2D eigenvalue weighted by atomic mass is 79.9. The molecule has 2 aromatic rings. The lowest BCUT2D eigenvalue weighted by Gasteiger charge is -2.23. The van der Waals surface area contributed by atoms with Crippen molar-refractivity contribution in [3.63, 3.8) is 0 Å². The van der Waals surface area contributed by atoms with Gasteiger partial charge in [0.1, 0.15) is 17.6 Å².